The number of nitrogens with one attached hydrogen (secondary N) is 1. The minimum Gasteiger partial charge on any atom is -0.454 e. The lowest BCUT2D eigenvalue weighted by Gasteiger charge is -2.32. The van der Waals surface area contributed by atoms with Crippen molar-refractivity contribution in [1.82, 2.24) is 9.88 Å². The van der Waals surface area contributed by atoms with Gasteiger partial charge in [-0.15, -0.1) is 11.3 Å². The predicted octanol–water partition coefficient (Wildman–Crippen LogP) is 16.8. The van der Waals surface area contributed by atoms with Crippen LogP contribution in [-0.4, -0.2) is 10.3 Å². The lowest BCUT2D eigenvalue weighted by atomic mass is 9.86. The number of fused-ring (bicyclic) bond motifs is 13. The van der Waals surface area contributed by atoms with Crippen LogP contribution in [0.1, 0.15) is 48.7 Å². The molecule has 5 heteroatoms. The highest BCUT2D eigenvalue weighted by Crippen LogP contribution is 2.44. The topological polar surface area (TPSA) is 42.5 Å². The molecule has 0 aliphatic carbocycles. The summed E-state index contributed by atoms with van der Waals surface area (Å²) in [5.74, 6) is 0.321. The van der Waals surface area contributed by atoms with Gasteiger partial charge in [-0.3, -0.25) is 10.3 Å². The molecular weight excluding hydrogens is 823 g/mol. The van der Waals surface area contributed by atoms with Gasteiger partial charge in [0, 0.05) is 58.9 Å². The molecule has 1 aliphatic heterocycles. The largest absolute Gasteiger partial charge is 0.454 e. The number of nitrogens with zero attached hydrogens (tertiary/aromatic N) is 2. The molecule has 14 rings (SSSR count). The van der Waals surface area contributed by atoms with E-state index in [2.05, 4.69) is 211 Å². The maximum absolute atomic E-state index is 6.99. The molecule has 66 heavy (non-hydrogen) atoms. The van der Waals surface area contributed by atoms with Gasteiger partial charge in [-0.25, -0.2) is 0 Å². The van der Waals surface area contributed by atoms with E-state index in [9.17, 15) is 0 Å². The van der Waals surface area contributed by atoms with Gasteiger partial charge in [0.2, 0.25) is 0 Å². The molecule has 0 radical (unpaired) electrons. The van der Waals surface area contributed by atoms with Gasteiger partial charge in [0.05, 0.1) is 16.7 Å². The lowest BCUT2D eigenvalue weighted by molar-refractivity contribution is 0.328. The van der Waals surface area contributed by atoms with E-state index in [0.717, 1.165) is 57.3 Å². The van der Waals surface area contributed by atoms with Crippen LogP contribution in [0.25, 0.3) is 102 Å². The molecule has 1 N–H and O–H groups in total. The number of para-hydroxylation sites is 1. The molecule has 10 aromatic carbocycles. The SMILES string of the molecule is CC1CC/C(c2cc(-n3c4cc5ccccc5cc4c4ccc5ccccc5c43)c3oc4ccccc4c3c2)=N\C(c2ccc3c(c2)sc2ccccc23)NC1c1ccc2ccccc2c1. The van der Waals surface area contributed by atoms with Crippen molar-refractivity contribution in [3.8, 4) is 5.69 Å². The third-order valence-electron chi connectivity index (χ3n) is 14.4. The van der Waals surface area contributed by atoms with E-state index in [1.54, 1.807) is 0 Å². The molecule has 0 fully saturated rings. The van der Waals surface area contributed by atoms with Crippen LogP contribution in [0, 0.1) is 5.92 Å². The fraction of sp³-hybridized carbons (Fsp3) is 0.0984. The minimum atomic E-state index is -0.294. The Balaban J connectivity index is 1.03. The average Bonchev–Trinajstić information content (AvgIpc) is 4.03. The Hall–Kier alpha value is -7.57. The summed E-state index contributed by atoms with van der Waals surface area (Å²) in [5, 5.41) is 18.8. The Labute approximate surface area is 385 Å². The molecule has 1 aliphatic rings. The first kappa shape index (κ1) is 37.8. The summed E-state index contributed by atoms with van der Waals surface area (Å²) in [5.41, 5.74) is 9.79. The lowest BCUT2D eigenvalue weighted by Crippen LogP contribution is -2.33. The highest BCUT2D eigenvalue weighted by molar-refractivity contribution is 7.25. The maximum Gasteiger partial charge on any atom is 0.159 e. The summed E-state index contributed by atoms with van der Waals surface area (Å²) in [6.07, 6.45) is 1.50. The molecular formula is C61H43N3OS. The van der Waals surface area contributed by atoms with Gasteiger partial charge in [0.15, 0.2) is 5.58 Å². The fourth-order valence-electron chi connectivity index (χ4n) is 11.1. The molecule has 0 amide bonds. The molecule has 3 unspecified atom stereocenters. The Morgan fingerprint density at radius 1 is 0.530 bits per heavy atom. The van der Waals surface area contributed by atoms with Crippen LogP contribution in [0.15, 0.2) is 204 Å². The number of rotatable bonds is 4. The zero-order chi connectivity index (χ0) is 43.5. The molecule has 3 atom stereocenters. The van der Waals surface area contributed by atoms with E-state index in [1.165, 1.54) is 79.9 Å². The van der Waals surface area contributed by atoms with Crippen LogP contribution in [0.5, 0.6) is 0 Å². The highest BCUT2D eigenvalue weighted by atomic mass is 32.1. The van der Waals surface area contributed by atoms with Crippen molar-refractivity contribution in [2.75, 3.05) is 0 Å². The van der Waals surface area contributed by atoms with Gasteiger partial charge < -0.3 is 8.98 Å². The standard InChI is InChI=1S/C61H43N3OS/c1-36-22-29-52(62-61(63-58(36)42-24-23-37-12-2-3-14-39(37)30-42)43-26-27-48-47-19-9-11-21-56(47)66-57(48)35-43)44-32-51-46-18-8-10-20-55(46)65-60(51)54(34-44)64-53-33-41-16-5-4-15-40(41)31-50(53)49-28-25-38-13-6-7-17-45(38)59(49)64/h2-21,23-28,30-36,58,61,63H,22,29H2,1H3/b62-52+. The number of furan rings is 1. The van der Waals surface area contributed by atoms with E-state index < -0.39 is 0 Å². The highest BCUT2D eigenvalue weighted by Gasteiger charge is 2.29. The monoisotopic (exact) mass is 865 g/mol. The third-order valence-corrected chi connectivity index (χ3v) is 15.6. The van der Waals surface area contributed by atoms with Gasteiger partial charge >= 0.3 is 0 Å². The average molecular weight is 866 g/mol. The molecule has 0 spiro atoms. The first-order valence-corrected chi connectivity index (χ1v) is 23.9. The number of hydrogen-bond acceptors (Lipinski definition) is 4. The van der Waals surface area contributed by atoms with Crippen molar-refractivity contribution in [3.63, 3.8) is 0 Å². The van der Waals surface area contributed by atoms with Gasteiger partial charge in [-0.1, -0.05) is 153 Å². The van der Waals surface area contributed by atoms with E-state index in [0.29, 0.717) is 5.92 Å². The van der Waals surface area contributed by atoms with Crippen molar-refractivity contribution in [2.45, 2.75) is 32.0 Å². The van der Waals surface area contributed by atoms with Gasteiger partial charge in [0.1, 0.15) is 11.7 Å². The molecule has 4 nitrogen and oxygen atoms in total. The molecule has 0 saturated heterocycles. The predicted molar refractivity (Wildman–Crippen MR) is 280 cm³/mol. The van der Waals surface area contributed by atoms with Crippen LogP contribution >= 0.6 is 11.3 Å². The number of hydrogen-bond donors (Lipinski definition) is 1. The first-order chi connectivity index (χ1) is 32.6. The normalized spacial score (nSPS) is 18.0. The van der Waals surface area contributed by atoms with Crippen LogP contribution in [0.2, 0.25) is 0 Å². The van der Waals surface area contributed by atoms with Crippen LogP contribution in [-0.2, 0) is 0 Å². The summed E-state index contributed by atoms with van der Waals surface area (Å²) in [7, 11) is 0. The Kier molecular flexibility index (Phi) is 8.43. The molecule has 3 aromatic heterocycles. The molecule has 0 saturated carbocycles. The summed E-state index contributed by atoms with van der Waals surface area (Å²) in [6.45, 7) is 2.41. The van der Waals surface area contributed by atoms with Crippen LogP contribution in [0.4, 0.5) is 0 Å². The first-order valence-electron chi connectivity index (χ1n) is 23.1. The zero-order valence-corrected chi connectivity index (χ0v) is 37.1. The second-order valence-corrected chi connectivity index (χ2v) is 19.4. The number of thiophene rings is 1. The Bertz CT molecular complexity index is 4150. The summed E-state index contributed by atoms with van der Waals surface area (Å²) in [6, 6.07) is 71.5. The summed E-state index contributed by atoms with van der Waals surface area (Å²) >= 11 is 1.86. The second-order valence-electron chi connectivity index (χ2n) is 18.3. The molecule has 314 valence electrons. The third kappa shape index (κ3) is 5.90. The summed E-state index contributed by atoms with van der Waals surface area (Å²) in [4.78, 5) is 5.89. The number of aliphatic imine (C=N–C) groups is 1. The van der Waals surface area contributed by atoms with Crippen molar-refractivity contribution in [3.05, 3.63) is 211 Å². The molecule has 13 aromatic rings. The van der Waals surface area contributed by atoms with Crippen molar-refractivity contribution < 1.29 is 4.42 Å². The van der Waals surface area contributed by atoms with Gasteiger partial charge in [0.25, 0.3) is 0 Å². The zero-order valence-electron chi connectivity index (χ0n) is 36.3. The smallest absolute Gasteiger partial charge is 0.159 e. The van der Waals surface area contributed by atoms with Gasteiger partial charge in [-0.2, -0.15) is 0 Å². The van der Waals surface area contributed by atoms with Crippen LogP contribution in [0.3, 0.4) is 0 Å². The van der Waals surface area contributed by atoms with E-state index in [1.807, 2.05) is 11.3 Å². The maximum atomic E-state index is 6.99. The van der Waals surface area contributed by atoms with E-state index >= 15 is 0 Å². The minimum absolute atomic E-state index is 0.0968. The van der Waals surface area contributed by atoms with Crippen LogP contribution < -0.4 is 5.32 Å². The second kappa shape index (κ2) is 14.7. The number of benzene rings is 10. The van der Waals surface area contributed by atoms with Crippen molar-refractivity contribution in [1.29, 1.82) is 0 Å². The fourth-order valence-corrected chi connectivity index (χ4v) is 12.3. The van der Waals surface area contributed by atoms with E-state index in [-0.39, 0.29) is 12.2 Å². The van der Waals surface area contributed by atoms with Crippen molar-refractivity contribution in [2.24, 2.45) is 10.9 Å². The quantitative estimate of drug-likeness (QED) is 0.191. The Morgan fingerprint density at radius 2 is 1.20 bits per heavy atom. The van der Waals surface area contributed by atoms with Gasteiger partial charge in [-0.05, 0) is 111 Å². The number of aromatic nitrogens is 1. The molecule has 0 bridgehead atoms. The molecule has 4 heterocycles. The Morgan fingerprint density at radius 3 is 2.06 bits per heavy atom. The van der Waals surface area contributed by atoms with Crippen molar-refractivity contribution >= 4 is 113 Å². The summed E-state index contributed by atoms with van der Waals surface area (Å²) < 4.78 is 12.1. The van der Waals surface area contributed by atoms with E-state index in [4.69, 9.17) is 9.41 Å².